The summed E-state index contributed by atoms with van der Waals surface area (Å²) in [6.45, 7) is 4.28. The van der Waals surface area contributed by atoms with Crippen molar-refractivity contribution >= 4 is 0 Å². The third kappa shape index (κ3) is 3.60. The van der Waals surface area contributed by atoms with E-state index in [0.717, 1.165) is 13.0 Å². The molecule has 1 fully saturated rings. The molecule has 2 N–H and O–H groups in total. The summed E-state index contributed by atoms with van der Waals surface area (Å²) in [6.07, 6.45) is 0.339. The quantitative estimate of drug-likeness (QED) is 0.623. The first kappa shape index (κ1) is 10.9. The van der Waals surface area contributed by atoms with Crippen LogP contribution in [0, 0.1) is 0 Å². The van der Waals surface area contributed by atoms with Gasteiger partial charge in [0.05, 0.1) is 18.3 Å². The molecule has 2 atom stereocenters. The van der Waals surface area contributed by atoms with E-state index in [1.165, 1.54) is 0 Å². The molecule has 0 saturated carbocycles. The monoisotopic (exact) mass is 189 g/mol. The van der Waals surface area contributed by atoms with Crippen LogP contribution >= 0.6 is 0 Å². The summed E-state index contributed by atoms with van der Waals surface area (Å²) < 4.78 is 4.83. The van der Waals surface area contributed by atoms with E-state index in [1.807, 2.05) is 6.92 Å². The summed E-state index contributed by atoms with van der Waals surface area (Å²) in [5, 5.41) is 19.1. The fraction of sp³-hybridized carbons (Fsp3) is 1.00. The van der Waals surface area contributed by atoms with E-state index >= 15 is 0 Å². The van der Waals surface area contributed by atoms with E-state index in [9.17, 15) is 10.2 Å². The maximum absolute atomic E-state index is 9.65. The van der Waals surface area contributed by atoms with Gasteiger partial charge in [-0.3, -0.25) is 4.90 Å². The highest BCUT2D eigenvalue weighted by atomic mass is 16.5. The number of methoxy groups -OCH3 is 1. The van der Waals surface area contributed by atoms with Gasteiger partial charge in [-0.2, -0.15) is 0 Å². The maximum atomic E-state index is 9.65. The zero-order valence-corrected chi connectivity index (χ0v) is 8.36. The van der Waals surface area contributed by atoms with Gasteiger partial charge in [0.2, 0.25) is 0 Å². The average Bonchev–Trinajstić information content (AvgIpc) is 2.30. The second-order valence-corrected chi connectivity index (χ2v) is 4.09. The van der Waals surface area contributed by atoms with Crippen LogP contribution in [0.4, 0.5) is 0 Å². The molecule has 4 nitrogen and oxygen atoms in total. The molecule has 0 aromatic heterocycles. The third-order valence-corrected chi connectivity index (χ3v) is 2.36. The van der Waals surface area contributed by atoms with Crippen molar-refractivity contribution in [3.8, 4) is 0 Å². The first-order valence-electron chi connectivity index (χ1n) is 4.65. The van der Waals surface area contributed by atoms with Crippen LogP contribution < -0.4 is 0 Å². The maximum Gasteiger partial charge on any atom is 0.0900 e. The normalized spacial score (nSPS) is 32.3. The molecule has 4 heteroatoms. The van der Waals surface area contributed by atoms with E-state index < -0.39 is 11.7 Å². The molecule has 0 radical (unpaired) electrons. The van der Waals surface area contributed by atoms with E-state index in [0.29, 0.717) is 19.7 Å². The molecule has 1 saturated heterocycles. The predicted molar refractivity (Wildman–Crippen MR) is 49.6 cm³/mol. The second kappa shape index (κ2) is 4.37. The van der Waals surface area contributed by atoms with Crippen LogP contribution in [0.15, 0.2) is 0 Å². The molecule has 2 unspecified atom stereocenters. The highest BCUT2D eigenvalue weighted by molar-refractivity contribution is 4.86. The number of likely N-dealkylation sites (tertiary alicyclic amines) is 1. The van der Waals surface area contributed by atoms with Crippen LogP contribution in [-0.4, -0.2) is 60.2 Å². The number of aliphatic hydroxyl groups excluding tert-OH is 1. The minimum atomic E-state index is -0.577. The Kier molecular flexibility index (Phi) is 3.67. The van der Waals surface area contributed by atoms with Gasteiger partial charge in [0.25, 0.3) is 0 Å². The van der Waals surface area contributed by atoms with Crippen molar-refractivity contribution < 1.29 is 14.9 Å². The SMILES string of the molecule is COCC(O)CN1CCC(C)(O)C1. The van der Waals surface area contributed by atoms with Crippen molar-refractivity contribution in [1.29, 1.82) is 0 Å². The standard InChI is InChI=1S/C9H19NO3/c1-9(12)3-4-10(7-9)5-8(11)6-13-2/h8,11-12H,3-7H2,1-2H3. The van der Waals surface area contributed by atoms with Gasteiger partial charge in [0.15, 0.2) is 0 Å². The minimum absolute atomic E-state index is 0.360. The molecule has 0 bridgehead atoms. The van der Waals surface area contributed by atoms with Crippen molar-refractivity contribution in [2.24, 2.45) is 0 Å². The Hall–Kier alpha value is -0.160. The Balaban J connectivity index is 2.24. The fourth-order valence-electron chi connectivity index (χ4n) is 1.74. The Morgan fingerprint density at radius 2 is 2.31 bits per heavy atom. The highest BCUT2D eigenvalue weighted by Crippen LogP contribution is 2.19. The molecule has 0 aliphatic carbocycles. The molecule has 1 heterocycles. The van der Waals surface area contributed by atoms with Gasteiger partial charge in [-0.05, 0) is 13.3 Å². The molecule has 1 aliphatic rings. The summed E-state index contributed by atoms with van der Waals surface area (Å²) in [6, 6.07) is 0. The highest BCUT2D eigenvalue weighted by Gasteiger charge is 2.31. The first-order valence-corrected chi connectivity index (χ1v) is 4.65. The van der Waals surface area contributed by atoms with Crippen molar-refractivity contribution in [3.05, 3.63) is 0 Å². The smallest absolute Gasteiger partial charge is 0.0900 e. The number of β-amino-alcohol motifs (C(OH)–C–C–N with tert-alkyl or cyclic N) is 2. The summed E-state index contributed by atoms with van der Waals surface area (Å²) in [5.74, 6) is 0. The first-order chi connectivity index (χ1) is 6.03. The second-order valence-electron chi connectivity index (χ2n) is 4.09. The van der Waals surface area contributed by atoms with Crippen LogP contribution in [0.3, 0.4) is 0 Å². The minimum Gasteiger partial charge on any atom is -0.389 e. The van der Waals surface area contributed by atoms with Gasteiger partial charge < -0.3 is 14.9 Å². The van der Waals surface area contributed by atoms with Crippen LogP contribution in [0.2, 0.25) is 0 Å². The molecule has 0 spiro atoms. The zero-order chi connectivity index (χ0) is 9.90. The molecule has 1 rings (SSSR count). The van der Waals surface area contributed by atoms with Gasteiger partial charge in [0, 0.05) is 26.7 Å². The van der Waals surface area contributed by atoms with Crippen LogP contribution in [0.25, 0.3) is 0 Å². The number of hydrogen-bond acceptors (Lipinski definition) is 4. The largest absolute Gasteiger partial charge is 0.389 e. The lowest BCUT2D eigenvalue weighted by Crippen LogP contribution is -2.36. The van der Waals surface area contributed by atoms with Crippen molar-refractivity contribution in [2.45, 2.75) is 25.0 Å². The summed E-state index contributed by atoms with van der Waals surface area (Å²) in [5.41, 5.74) is -0.577. The number of ether oxygens (including phenoxy) is 1. The van der Waals surface area contributed by atoms with Crippen molar-refractivity contribution in [3.63, 3.8) is 0 Å². The van der Waals surface area contributed by atoms with Crippen molar-refractivity contribution in [1.82, 2.24) is 4.90 Å². The Bertz CT molecular complexity index is 161. The molecule has 0 aromatic rings. The summed E-state index contributed by atoms with van der Waals surface area (Å²) in [7, 11) is 1.57. The van der Waals surface area contributed by atoms with Crippen LogP contribution in [0.5, 0.6) is 0 Å². The van der Waals surface area contributed by atoms with Crippen LogP contribution in [0.1, 0.15) is 13.3 Å². The predicted octanol–water partition coefficient (Wildman–Crippen LogP) is -0.550. The van der Waals surface area contributed by atoms with Gasteiger partial charge in [-0.1, -0.05) is 0 Å². The Labute approximate surface area is 79.1 Å². The van der Waals surface area contributed by atoms with Gasteiger partial charge >= 0.3 is 0 Å². The Morgan fingerprint density at radius 3 is 2.77 bits per heavy atom. The van der Waals surface area contributed by atoms with E-state index in [2.05, 4.69) is 4.90 Å². The van der Waals surface area contributed by atoms with Gasteiger partial charge in [-0.15, -0.1) is 0 Å². The third-order valence-electron chi connectivity index (χ3n) is 2.36. The number of rotatable bonds is 4. The lowest BCUT2D eigenvalue weighted by Gasteiger charge is -2.21. The molecular formula is C9H19NO3. The Morgan fingerprint density at radius 1 is 1.62 bits per heavy atom. The summed E-state index contributed by atoms with van der Waals surface area (Å²) in [4.78, 5) is 2.06. The molecule has 1 aliphatic heterocycles. The number of aliphatic hydroxyl groups is 2. The molecule has 0 aromatic carbocycles. The zero-order valence-electron chi connectivity index (χ0n) is 8.36. The lowest BCUT2D eigenvalue weighted by molar-refractivity contribution is 0.0296. The summed E-state index contributed by atoms with van der Waals surface area (Å²) >= 11 is 0. The molecule has 0 amide bonds. The average molecular weight is 189 g/mol. The van der Waals surface area contributed by atoms with Crippen LogP contribution in [-0.2, 0) is 4.74 Å². The van der Waals surface area contributed by atoms with Gasteiger partial charge in [0.1, 0.15) is 0 Å². The fourth-order valence-corrected chi connectivity index (χ4v) is 1.74. The lowest BCUT2D eigenvalue weighted by atomic mass is 10.1. The number of hydrogen-bond donors (Lipinski definition) is 2. The van der Waals surface area contributed by atoms with E-state index in [-0.39, 0.29) is 0 Å². The molecule has 13 heavy (non-hydrogen) atoms. The van der Waals surface area contributed by atoms with E-state index in [1.54, 1.807) is 7.11 Å². The topological polar surface area (TPSA) is 52.9 Å². The van der Waals surface area contributed by atoms with Gasteiger partial charge in [-0.25, -0.2) is 0 Å². The van der Waals surface area contributed by atoms with E-state index in [4.69, 9.17) is 4.74 Å². The molecule has 78 valence electrons. The van der Waals surface area contributed by atoms with Crippen molar-refractivity contribution in [2.75, 3.05) is 33.4 Å². The molecular weight excluding hydrogens is 170 g/mol. The number of nitrogens with zero attached hydrogens (tertiary/aromatic N) is 1.